The van der Waals surface area contributed by atoms with Crippen LogP contribution in [0.1, 0.15) is 45.6 Å². The molecule has 0 spiro atoms. The largest absolute Gasteiger partial charge is 0.494 e. The molecular weight excluding hydrogens is 306 g/mol. The maximum Gasteiger partial charge on any atom is 0.189 e. The van der Waals surface area contributed by atoms with Crippen molar-refractivity contribution in [2.24, 2.45) is 11.0 Å². The Morgan fingerprint density at radius 1 is 1.35 bits per heavy atom. The normalized spacial score (nSPS) is 11.0. The predicted octanol–water partition coefficient (Wildman–Crippen LogP) is 4.05. The first-order chi connectivity index (χ1) is 11.0. The van der Waals surface area contributed by atoms with E-state index in [0.717, 1.165) is 43.7 Å². The van der Waals surface area contributed by atoms with Gasteiger partial charge in [0.1, 0.15) is 5.75 Å². The third-order valence-electron chi connectivity index (χ3n) is 3.32. The molecule has 0 atom stereocenters. The number of thiocarbonyl (C=S) groups is 1. The standard InChI is InChI=1S/C18H29N3OS/c1-5-6-12-19-18(23)21(4)20-14-16-7-9-17(10-8-16)22-13-11-15(2)3/h7-10,14-15H,5-6,11-13H2,1-4H3,(H,19,23)/b20-14-. The molecule has 1 rings (SSSR count). The predicted molar refractivity (Wildman–Crippen MR) is 102 cm³/mol. The lowest BCUT2D eigenvalue weighted by molar-refractivity contribution is 0.289. The van der Waals surface area contributed by atoms with Gasteiger partial charge in [-0.1, -0.05) is 27.2 Å². The number of benzene rings is 1. The van der Waals surface area contributed by atoms with Gasteiger partial charge in [0, 0.05) is 13.6 Å². The molecule has 0 saturated carbocycles. The molecule has 0 bridgehead atoms. The molecule has 0 heterocycles. The zero-order valence-electron chi connectivity index (χ0n) is 14.7. The number of hydrogen-bond donors (Lipinski definition) is 1. The van der Waals surface area contributed by atoms with Crippen LogP contribution in [0.15, 0.2) is 29.4 Å². The second kappa shape index (κ2) is 11.0. The highest BCUT2D eigenvalue weighted by Crippen LogP contribution is 2.12. The van der Waals surface area contributed by atoms with Crippen LogP contribution in [0, 0.1) is 5.92 Å². The van der Waals surface area contributed by atoms with Crippen LogP contribution in [0.4, 0.5) is 0 Å². The summed E-state index contributed by atoms with van der Waals surface area (Å²) in [6, 6.07) is 7.93. The fraction of sp³-hybridized carbons (Fsp3) is 0.556. The number of rotatable bonds is 9. The average Bonchev–Trinajstić information content (AvgIpc) is 2.53. The van der Waals surface area contributed by atoms with Crippen LogP contribution in [-0.2, 0) is 0 Å². The smallest absolute Gasteiger partial charge is 0.189 e. The lowest BCUT2D eigenvalue weighted by atomic mass is 10.1. The van der Waals surface area contributed by atoms with E-state index in [2.05, 4.69) is 31.2 Å². The molecule has 0 radical (unpaired) electrons. The van der Waals surface area contributed by atoms with E-state index in [1.807, 2.05) is 31.3 Å². The first-order valence-corrected chi connectivity index (χ1v) is 8.72. The Bertz CT molecular complexity index is 486. The SMILES string of the molecule is CCCCNC(=S)N(C)/N=C\c1ccc(OCCC(C)C)cc1. The van der Waals surface area contributed by atoms with E-state index in [0.29, 0.717) is 11.0 Å². The highest BCUT2D eigenvalue weighted by molar-refractivity contribution is 7.80. The van der Waals surface area contributed by atoms with Crippen molar-refractivity contribution in [3.63, 3.8) is 0 Å². The van der Waals surface area contributed by atoms with E-state index in [1.165, 1.54) is 0 Å². The minimum Gasteiger partial charge on any atom is -0.494 e. The van der Waals surface area contributed by atoms with E-state index < -0.39 is 0 Å². The zero-order valence-corrected chi connectivity index (χ0v) is 15.5. The van der Waals surface area contributed by atoms with Gasteiger partial charge in [-0.05, 0) is 60.8 Å². The van der Waals surface area contributed by atoms with Gasteiger partial charge < -0.3 is 10.1 Å². The maximum absolute atomic E-state index is 5.70. The molecular formula is C18H29N3OS. The Labute approximate surface area is 145 Å². The molecule has 1 aromatic rings. The van der Waals surface area contributed by atoms with E-state index >= 15 is 0 Å². The van der Waals surface area contributed by atoms with Crippen LogP contribution in [-0.4, -0.2) is 36.5 Å². The van der Waals surface area contributed by atoms with Crippen LogP contribution < -0.4 is 10.1 Å². The average molecular weight is 336 g/mol. The summed E-state index contributed by atoms with van der Waals surface area (Å²) >= 11 is 5.28. The van der Waals surface area contributed by atoms with E-state index in [4.69, 9.17) is 17.0 Å². The van der Waals surface area contributed by atoms with Gasteiger partial charge in [-0.25, -0.2) is 5.01 Å². The number of nitrogens with one attached hydrogen (secondary N) is 1. The Hall–Kier alpha value is -1.62. The molecule has 1 aromatic carbocycles. The van der Waals surface area contributed by atoms with Crippen LogP contribution in [0.2, 0.25) is 0 Å². The Balaban J connectivity index is 2.42. The molecule has 1 N–H and O–H groups in total. The van der Waals surface area contributed by atoms with Crippen molar-refractivity contribution in [1.82, 2.24) is 10.3 Å². The quantitative estimate of drug-likeness (QED) is 0.320. The molecule has 0 aromatic heterocycles. The monoisotopic (exact) mass is 335 g/mol. The molecule has 0 amide bonds. The summed E-state index contributed by atoms with van der Waals surface area (Å²) in [5.74, 6) is 1.56. The van der Waals surface area contributed by atoms with Crippen molar-refractivity contribution in [1.29, 1.82) is 0 Å². The van der Waals surface area contributed by atoms with E-state index in [-0.39, 0.29) is 0 Å². The number of unbranched alkanes of at least 4 members (excludes halogenated alkanes) is 1. The van der Waals surface area contributed by atoms with Crippen molar-refractivity contribution in [2.75, 3.05) is 20.2 Å². The van der Waals surface area contributed by atoms with Crippen LogP contribution in [0.3, 0.4) is 0 Å². The van der Waals surface area contributed by atoms with Gasteiger partial charge in [0.05, 0.1) is 12.8 Å². The van der Waals surface area contributed by atoms with Crippen molar-refractivity contribution < 1.29 is 4.74 Å². The molecule has 0 saturated heterocycles. The van der Waals surface area contributed by atoms with E-state index in [1.54, 1.807) is 11.2 Å². The summed E-state index contributed by atoms with van der Waals surface area (Å²) in [7, 11) is 1.85. The van der Waals surface area contributed by atoms with Gasteiger partial charge in [-0.15, -0.1) is 0 Å². The third-order valence-corrected chi connectivity index (χ3v) is 3.73. The van der Waals surface area contributed by atoms with Gasteiger partial charge in [0.15, 0.2) is 5.11 Å². The highest BCUT2D eigenvalue weighted by Gasteiger charge is 2.00. The molecule has 0 aliphatic heterocycles. The molecule has 23 heavy (non-hydrogen) atoms. The van der Waals surface area contributed by atoms with Crippen LogP contribution in [0.25, 0.3) is 0 Å². The zero-order chi connectivity index (χ0) is 17.1. The van der Waals surface area contributed by atoms with Gasteiger partial charge in [-0.3, -0.25) is 0 Å². The Kier molecular flexibility index (Phi) is 9.29. The fourth-order valence-corrected chi connectivity index (χ4v) is 1.90. The second-order valence-corrected chi connectivity index (χ2v) is 6.34. The summed E-state index contributed by atoms with van der Waals surface area (Å²) in [4.78, 5) is 0. The molecule has 4 nitrogen and oxygen atoms in total. The molecule has 128 valence electrons. The van der Waals surface area contributed by atoms with Crippen molar-refractivity contribution in [3.05, 3.63) is 29.8 Å². The first-order valence-electron chi connectivity index (χ1n) is 8.31. The number of nitrogens with zero attached hydrogens (tertiary/aromatic N) is 2. The number of hydrogen-bond acceptors (Lipinski definition) is 3. The summed E-state index contributed by atoms with van der Waals surface area (Å²) in [5, 5.41) is 9.86. The topological polar surface area (TPSA) is 36.9 Å². The summed E-state index contributed by atoms with van der Waals surface area (Å²) in [5.41, 5.74) is 1.02. The van der Waals surface area contributed by atoms with Gasteiger partial charge >= 0.3 is 0 Å². The summed E-state index contributed by atoms with van der Waals surface area (Å²) in [6.45, 7) is 8.19. The minimum atomic E-state index is 0.642. The molecule has 0 fully saturated rings. The maximum atomic E-state index is 5.70. The molecule has 0 unspecified atom stereocenters. The van der Waals surface area contributed by atoms with Crippen LogP contribution >= 0.6 is 12.2 Å². The summed E-state index contributed by atoms with van der Waals surface area (Å²) < 4.78 is 5.70. The molecule has 0 aliphatic carbocycles. The number of hydrazone groups is 1. The second-order valence-electron chi connectivity index (χ2n) is 5.95. The van der Waals surface area contributed by atoms with Gasteiger partial charge in [0.2, 0.25) is 0 Å². The highest BCUT2D eigenvalue weighted by atomic mass is 32.1. The first kappa shape index (κ1) is 19.4. The fourth-order valence-electron chi connectivity index (χ4n) is 1.75. The van der Waals surface area contributed by atoms with Crippen molar-refractivity contribution in [3.8, 4) is 5.75 Å². The number of ether oxygens (including phenoxy) is 1. The third kappa shape index (κ3) is 8.55. The molecule has 0 aliphatic rings. The van der Waals surface area contributed by atoms with Crippen molar-refractivity contribution >= 4 is 23.5 Å². The van der Waals surface area contributed by atoms with Gasteiger partial charge in [0.25, 0.3) is 0 Å². The minimum absolute atomic E-state index is 0.642. The van der Waals surface area contributed by atoms with Crippen LogP contribution in [0.5, 0.6) is 5.75 Å². The van der Waals surface area contributed by atoms with E-state index in [9.17, 15) is 0 Å². The Morgan fingerprint density at radius 3 is 2.65 bits per heavy atom. The molecule has 5 heteroatoms. The lowest BCUT2D eigenvalue weighted by Crippen LogP contribution is -2.34. The van der Waals surface area contributed by atoms with Crippen molar-refractivity contribution in [2.45, 2.75) is 40.0 Å². The summed E-state index contributed by atoms with van der Waals surface area (Å²) in [6.07, 6.45) is 5.12. The lowest BCUT2D eigenvalue weighted by Gasteiger charge is -2.15. The Morgan fingerprint density at radius 2 is 2.04 bits per heavy atom. The van der Waals surface area contributed by atoms with Gasteiger partial charge in [-0.2, -0.15) is 5.10 Å².